The molecule has 0 bridgehead atoms. The van der Waals surface area contributed by atoms with Crippen LogP contribution in [0, 0.1) is 6.92 Å². The van der Waals surface area contributed by atoms with Crippen LogP contribution in [0.1, 0.15) is 5.56 Å². The van der Waals surface area contributed by atoms with Gasteiger partial charge in [-0.05, 0) is 42.4 Å². The van der Waals surface area contributed by atoms with E-state index < -0.39 is 0 Å². The molecule has 0 N–H and O–H groups in total. The molecule has 0 aliphatic heterocycles. The van der Waals surface area contributed by atoms with Crippen LogP contribution in [-0.4, -0.2) is 27.3 Å². The fraction of sp³-hybridized carbons (Fsp3) is 0.231. The van der Waals surface area contributed by atoms with Gasteiger partial charge in [-0.15, -0.1) is 0 Å². The lowest BCUT2D eigenvalue weighted by Crippen LogP contribution is -2.16. The molecule has 1 aromatic heterocycles. The minimum atomic E-state index is 0.0280. The van der Waals surface area contributed by atoms with Gasteiger partial charge in [0.1, 0.15) is 4.32 Å². The zero-order valence-electron chi connectivity index (χ0n) is 10.9. The monoisotopic (exact) mass is 310 g/mol. The summed E-state index contributed by atoms with van der Waals surface area (Å²) < 4.78 is 3.41. The Balaban J connectivity index is 2.40. The van der Waals surface area contributed by atoms with Gasteiger partial charge in [-0.25, -0.2) is 3.96 Å². The van der Waals surface area contributed by atoms with Crippen molar-refractivity contribution in [1.29, 1.82) is 0 Å². The van der Waals surface area contributed by atoms with Crippen molar-refractivity contribution in [1.82, 2.24) is 8.86 Å². The molecule has 1 heterocycles. The molecule has 0 saturated carbocycles. The summed E-state index contributed by atoms with van der Waals surface area (Å²) >= 11 is 8.17. The average Bonchev–Trinajstić information content (AvgIpc) is 2.68. The van der Waals surface area contributed by atoms with E-state index in [1.807, 2.05) is 56.3 Å². The number of para-hydroxylation sites is 1. The van der Waals surface area contributed by atoms with Crippen molar-refractivity contribution in [3.8, 4) is 5.69 Å². The first kappa shape index (κ1) is 14.3. The standard InChI is InChI=1S/C13H14N2OS3/c1-9-11(16)15(10-7-5-4-6-8-10)19-12(9)18-13(17)14(2)3/h4-8H,1-3H3. The van der Waals surface area contributed by atoms with Gasteiger partial charge in [-0.1, -0.05) is 30.4 Å². The third-order valence-corrected chi connectivity index (χ3v) is 5.67. The Morgan fingerprint density at radius 2 is 1.95 bits per heavy atom. The number of thiocarbonyl (C=S) groups is 1. The Morgan fingerprint density at radius 3 is 2.53 bits per heavy atom. The fourth-order valence-corrected chi connectivity index (χ4v) is 3.87. The van der Waals surface area contributed by atoms with E-state index in [9.17, 15) is 4.79 Å². The number of hydrogen-bond acceptors (Lipinski definition) is 4. The normalized spacial score (nSPS) is 10.5. The zero-order valence-corrected chi connectivity index (χ0v) is 13.4. The molecule has 2 aromatic rings. The summed E-state index contributed by atoms with van der Waals surface area (Å²) in [5.74, 6) is 0. The van der Waals surface area contributed by atoms with Crippen molar-refractivity contribution in [3.05, 3.63) is 46.2 Å². The number of rotatable bonds is 2. The third-order valence-electron chi connectivity index (χ3n) is 2.52. The molecule has 0 amide bonds. The second-order valence-electron chi connectivity index (χ2n) is 4.20. The molecule has 0 atom stereocenters. The molecule has 0 fully saturated rings. The van der Waals surface area contributed by atoms with Crippen molar-refractivity contribution < 1.29 is 0 Å². The van der Waals surface area contributed by atoms with Crippen LogP contribution in [0.3, 0.4) is 0 Å². The first-order valence-electron chi connectivity index (χ1n) is 5.68. The Morgan fingerprint density at radius 1 is 1.32 bits per heavy atom. The molecule has 19 heavy (non-hydrogen) atoms. The van der Waals surface area contributed by atoms with Gasteiger partial charge in [0.15, 0.2) is 0 Å². The van der Waals surface area contributed by atoms with E-state index in [0.717, 1.165) is 19.8 Å². The maximum absolute atomic E-state index is 12.2. The molecule has 2 rings (SSSR count). The van der Waals surface area contributed by atoms with Crippen LogP contribution < -0.4 is 5.56 Å². The lowest BCUT2D eigenvalue weighted by atomic mass is 10.3. The van der Waals surface area contributed by atoms with Crippen LogP contribution in [0.25, 0.3) is 5.69 Å². The van der Waals surface area contributed by atoms with E-state index in [0.29, 0.717) is 0 Å². The van der Waals surface area contributed by atoms with Crippen molar-refractivity contribution in [2.24, 2.45) is 0 Å². The highest BCUT2D eigenvalue weighted by molar-refractivity contribution is 8.23. The van der Waals surface area contributed by atoms with Crippen LogP contribution in [0.15, 0.2) is 39.3 Å². The molecule has 0 saturated heterocycles. The molecule has 0 spiro atoms. The van der Waals surface area contributed by atoms with E-state index in [1.54, 1.807) is 3.96 Å². The average molecular weight is 310 g/mol. The number of nitrogens with zero attached hydrogens (tertiary/aromatic N) is 2. The van der Waals surface area contributed by atoms with Gasteiger partial charge in [0.25, 0.3) is 5.56 Å². The maximum atomic E-state index is 12.2. The summed E-state index contributed by atoms with van der Waals surface area (Å²) in [6.07, 6.45) is 0. The molecule has 3 nitrogen and oxygen atoms in total. The van der Waals surface area contributed by atoms with E-state index >= 15 is 0 Å². The molecule has 0 aliphatic rings. The van der Waals surface area contributed by atoms with Crippen LogP contribution in [0.2, 0.25) is 0 Å². The van der Waals surface area contributed by atoms with Gasteiger partial charge in [-0.3, -0.25) is 4.79 Å². The highest BCUT2D eigenvalue weighted by atomic mass is 32.2. The minimum Gasteiger partial charge on any atom is -0.363 e. The first-order valence-corrected chi connectivity index (χ1v) is 7.68. The number of benzene rings is 1. The molecule has 100 valence electrons. The summed E-state index contributed by atoms with van der Waals surface area (Å²) in [6.45, 7) is 1.85. The number of thioether (sulfide) groups is 1. The smallest absolute Gasteiger partial charge is 0.269 e. The fourth-order valence-electron chi connectivity index (χ4n) is 1.43. The Hall–Kier alpha value is -1.11. The molecular weight excluding hydrogens is 296 g/mol. The van der Waals surface area contributed by atoms with Crippen molar-refractivity contribution >= 4 is 39.8 Å². The highest BCUT2D eigenvalue weighted by Gasteiger charge is 2.15. The summed E-state index contributed by atoms with van der Waals surface area (Å²) in [5, 5.41) is 0. The maximum Gasteiger partial charge on any atom is 0.269 e. The summed E-state index contributed by atoms with van der Waals surface area (Å²) in [5.41, 5.74) is 1.67. The quantitative estimate of drug-likeness (QED) is 0.628. The predicted octanol–water partition coefficient (Wildman–Crippen LogP) is 3.15. The topological polar surface area (TPSA) is 25.2 Å². The van der Waals surface area contributed by atoms with E-state index in [4.69, 9.17) is 12.2 Å². The van der Waals surface area contributed by atoms with E-state index in [1.165, 1.54) is 23.3 Å². The number of hydrogen-bond donors (Lipinski definition) is 0. The second kappa shape index (κ2) is 5.90. The first-order chi connectivity index (χ1) is 9.00. The van der Waals surface area contributed by atoms with Crippen LogP contribution in [0.4, 0.5) is 0 Å². The highest BCUT2D eigenvalue weighted by Crippen LogP contribution is 2.29. The van der Waals surface area contributed by atoms with Crippen molar-refractivity contribution in [2.75, 3.05) is 14.1 Å². The SMILES string of the molecule is Cc1c(SC(=S)N(C)C)sn(-c2ccccc2)c1=O. The van der Waals surface area contributed by atoms with E-state index in [2.05, 4.69) is 0 Å². The number of aromatic nitrogens is 1. The van der Waals surface area contributed by atoms with Gasteiger partial charge >= 0.3 is 0 Å². The molecule has 6 heteroatoms. The lowest BCUT2D eigenvalue weighted by molar-refractivity contribution is 0.648. The molecule has 0 unspecified atom stereocenters. The predicted molar refractivity (Wildman–Crippen MR) is 86.8 cm³/mol. The van der Waals surface area contributed by atoms with Crippen LogP contribution >= 0.6 is 35.5 Å². The van der Waals surface area contributed by atoms with Gasteiger partial charge in [-0.2, -0.15) is 0 Å². The molecule has 0 aliphatic carbocycles. The third kappa shape index (κ3) is 3.08. The van der Waals surface area contributed by atoms with Crippen molar-refractivity contribution in [3.63, 3.8) is 0 Å². The van der Waals surface area contributed by atoms with Gasteiger partial charge in [0.2, 0.25) is 0 Å². The van der Waals surface area contributed by atoms with Crippen LogP contribution in [0.5, 0.6) is 0 Å². The molecule has 0 radical (unpaired) electrons. The molecular formula is C13H14N2OS3. The van der Waals surface area contributed by atoms with Gasteiger partial charge in [0, 0.05) is 19.7 Å². The van der Waals surface area contributed by atoms with Gasteiger partial charge in [0.05, 0.1) is 9.90 Å². The van der Waals surface area contributed by atoms with Crippen LogP contribution in [-0.2, 0) is 0 Å². The van der Waals surface area contributed by atoms with E-state index in [-0.39, 0.29) is 5.56 Å². The Labute approximate surface area is 126 Å². The molecule has 1 aromatic carbocycles. The Kier molecular flexibility index (Phi) is 4.44. The Bertz CT molecular complexity index is 644. The summed E-state index contributed by atoms with van der Waals surface area (Å²) in [6, 6.07) is 9.64. The second-order valence-corrected chi connectivity index (χ2v) is 7.06. The largest absolute Gasteiger partial charge is 0.363 e. The lowest BCUT2D eigenvalue weighted by Gasteiger charge is -2.11. The summed E-state index contributed by atoms with van der Waals surface area (Å²) in [4.78, 5) is 14.1. The summed E-state index contributed by atoms with van der Waals surface area (Å²) in [7, 11) is 3.81. The van der Waals surface area contributed by atoms with Gasteiger partial charge < -0.3 is 4.90 Å². The zero-order chi connectivity index (χ0) is 14.0. The van der Waals surface area contributed by atoms with Crippen molar-refractivity contribution in [2.45, 2.75) is 11.1 Å². The minimum absolute atomic E-state index is 0.0280.